The lowest BCUT2D eigenvalue weighted by atomic mass is 9.44. The molecule has 166 valence electrons. The summed E-state index contributed by atoms with van der Waals surface area (Å²) < 4.78 is 2.15. The first kappa shape index (κ1) is 22.5. The molecule has 2 bridgehead atoms. The molecule has 3 aliphatic carbocycles. The minimum atomic E-state index is -0.737. The fourth-order valence-electron chi connectivity index (χ4n) is 5.53. The van der Waals surface area contributed by atoms with Gasteiger partial charge in [-0.3, -0.25) is 9.59 Å². The first-order chi connectivity index (χ1) is 14.8. The van der Waals surface area contributed by atoms with Gasteiger partial charge in [0.2, 0.25) is 0 Å². The second kappa shape index (κ2) is 9.07. The van der Waals surface area contributed by atoms with Crippen molar-refractivity contribution in [3.05, 3.63) is 45.8 Å². The monoisotopic (exact) mass is 503 g/mol. The Balaban J connectivity index is 1.45. The summed E-state index contributed by atoms with van der Waals surface area (Å²) >= 11 is 5.12. The molecule has 0 saturated heterocycles. The topological polar surface area (TPSA) is 66.4 Å². The molecule has 5 rings (SSSR count). The average Bonchev–Trinajstić information content (AvgIpc) is 3.13. The molecule has 3 saturated carbocycles. The van der Waals surface area contributed by atoms with Gasteiger partial charge in [-0.2, -0.15) is 0 Å². The summed E-state index contributed by atoms with van der Waals surface area (Å²) in [6.45, 7) is 4.70. The van der Waals surface area contributed by atoms with E-state index in [1.807, 2.05) is 17.5 Å². The predicted molar refractivity (Wildman–Crippen MR) is 130 cm³/mol. The van der Waals surface area contributed by atoms with Gasteiger partial charge in [-0.1, -0.05) is 48.0 Å². The van der Waals surface area contributed by atoms with Gasteiger partial charge in [-0.25, -0.2) is 0 Å². The third-order valence-electron chi connectivity index (χ3n) is 7.52. The van der Waals surface area contributed by atoms with E-state index < -0.39 is 5.97 Å². The van der Waals surface area contributed by atoms with Crippen LogP contribution in [-0.2, 0) is 4.79 Å². The molecule has 1 heterocycles. The maximum absolute atomic E-state index is 13.3. The SMILES string of the molecule is CC1(C)[C@@H]2C[C@H](CC=CCCCC(=O)O)[C@@H](NC(=O)c3csc4cc(Br)ccc34)[C@H]1C2. The fraction of sp³-hybridized carbons (Fsp3) is 0.520. The van der Waals surface area contributed by atoms with Crippen molar-refractivity contribution in [2.45, 2.75) is 58.4 Å². The molecular weight excluding hydrogens is 474 g/mol. The number of nitrogens with one attached hydrogen (secondary N) is 1. The number of benzene rings is 1. The molecule has 4 nitrogen and oxygen atoms in total. The highest BCUT2D eigenvalue weighted by molar-refractivity contribution is 9.10. The third-order valence-corrected chi connectivity index (χ3v) is 8.96. The van der Waals surface area contributed by atoms with E-state index in [4.69, 9.17) is 5.11 Å². The number of allylic oxidation sites excluding steroid dienone is 2. The Hall–Kier alpha value is -1.66. The van der Waals surface area contributed by atoms with E-state index >= 15 is 0 Å². The van der Waals surface area contributed by atoms with E-state index in [0.29, 0.717) is 18.3 Å². The molecule has 6 heteroatoms. The molecule has 0 unspecified atom stereocenters. The van der Waals surface area contributed by atoms with Crippen molar-refractivity contribution < 1.29 is 14.7 Å². The zero-order valence-corrected chi connectivity index (χ0v) is 20.5. The van der Waals surface area contributed by atoms with E-state index in [1.54, 1.807) is 11.3 Å². The quantitative estimate of drug-likeness (QED) is 0.313. The van der Waals surface area contributed by atoms with E-state index in [-0.39, 0.29) is 23.8 Å². The van der Waals surface area contributed by atoms with E-state index in [1.165, 1.54) is 6.42 Å². The Morgan fingerprint density at radius 3 is 2.84 bits per heavy atom. The Bertz CT molecular complexity index is 1010. The number of aliphatic carboxylic acids is 1. The smallest absolute Gasteiger partial charge is 0.303 e. The summed E-state index contributed by atoms with van der Waals surface area (Å²) in [5.74, 6) is 0.986. The van der Waals surface area contributed by atoms with Crippen LogP contribution in [0.4, 0.5) is 0 Å². The summed E-state index contributed by atoms with van der Waals surface area (Å²) in [5.41, 5.74) is 1.05. The molecule has 4 atom stereocenters. The van der Waals surface area contributed by atoms with Gasteiger partial charge < -0.3 is 10.4 Å². The van der Waals surface area contributed by atoms with Gasteiger partial charge >= 0.3 is 5.97 Å². The number of carbonyl (C=O) groups excluding carboxylic acids is 1. The van der Waals surface area contributed by atoms with Crippen LogP contribution in [-0.4, -0.2) is 23.0 Å². The largest absolute Gasteiger partial charge is 0.481 e. The number of halogens is 1. The maximum atomic E-state index is 13.3. The lowest BCUT2D eigenvalue weighted by Gasteiger charge is -2.62. The van der Waals surface area contributed by atoms with Crippen LogP contribution in [0, 0.1) is 23.2 Å². The number of hydrogen-bond acceptors (Lipinski definition) is 3. The van der Waals surface area contributed by atoms with Crippen molar-refractivity contribution in [2.75, 3.05) is 0 Å². The number of unbranched alkanes of at least 4 members (excludes halogenated alkanes) is 1. The van der Waals surface area contributed by atoms with E-state index in [2.05, 4.69) is 53.3 Å². The summed E-state index contributed by atoms with van der Waals surface area (Å²) in [5, 5.41) is 15.2. The number of carboxylic acid groups (broad SMARTS) is 1. The van der Waals surface area contributed by atoms with Crippen LogP contribution in [0.2, 0.25) is 0 Å². The molecule has 1 amide bonds. The number of rotatable bonds is 8. The molecule has 3 aliphatic rings. The van der Waals surface area contributed by atoms with Crippen LogP contribution in [0.1, 0.15) is 62.7 Å². The van der Waals surface area contributed by atoms with Gasteiger partial charge in [0.05, 0.1) is 5.56 Å². The van der Waals surface area contributed by atoms with Crippen LogP contribution in [0.15, 0.2) is 40.2 Å². The highest BCUT2D eigenvalue weighted by Crippen LogP contribution is 2.61. The second-order valence-electron chi connectivity index (χ2n) is 9.64. The van der Waals surface area contributed by atoms with Crippen LogP contribution < -0.4 is 5.32 Å². The van der Waals surface area contributed by atoms with E-state index in [0.717, 1.165) is 45.3 Å². The zero-order valence-electron chi connectivity index (χ0n) is 18.1. The van der Waals surface area contributed by atoms with Crippen molar-refractivity contribution in [3.63, 3.8) is 0 Å². The normalized spacial score (nSPS) is 26.7. The van der Waals surface area contributed by atoms with Gasteiger partial charge in [0.15, 0.2) is 0 Å². The minimum Gasteiger partial charge on any atom is -0.481 e. The van der Waals surface area contributed by atoms with Gasteiger partial charge in [0.1, 0.15) is 0 Å². The van der Waals surface area contributed by atoms with Gasteiger partial charge in [-0.15, -0.1) is 11.3 Å². The van der Waals surface area contributed by atoms with Crippen LogP contribution in [0.25, 0.3) is 10.1 Å². The number of thiophene rings is 1. The Morgan fingerprint density at radius 2 is 2.10 bits per heavy atom. The molecule has 2 aromatic rings. The van der Waals surface area contributed by atoms with Crippen molar-refractivity contribution in [1.82, 2.24) is 5.32 Å². The number of carbonyl (C=O) groups is 2. The summed E-state index contributed by atoms with van der Waals surface area (Å²) in [7, 11) is 0. The van der Waals surface area contributed by atoms with E-state index in [9.17, 15) is 9.59 Å². The van der Waals surface area contributed by atoms with Gasteiger partial charge in [0.25, 0.3) is 5.91 Å². The molecular formula is C25H30BrNO3S. The molecule has 31 heavy (non-hydrogen) atoms. The van der Waals surface area contributed by atoms with Crippen LogP contribution in [0.5, 0.6) is 0 Å². The fourth-order valence-corrected chi connectivity index (χ4v) is 7.03. The first-order valence-corrected chi connectivity index (χ1v) is 12.8. The Kier molecular flexibility index (Phi) is 6.59. The van der Waals surface area contributed by atoms with Crippen molar-refractivity contribution in [2.24, 2.45) is 23.2 Å². The standard InChI is InChI=1S/C25H30BrNO3S/c1-25(2)16-11-15(7-5-3-4-6-8-22(28)29)23(20(25)12-16)27-24(30)19-14-31-21-13-17(26)9-10-18(19)21/h3,5,9-10,13-16,20,23H,4,6-8,11-12H2,1-2H3,(H,27,30)(H,28,29)/t15-,16+,20+,23+/m0/s1. The third kappa shape index (κ3) is 4.61. The summed E-state index contributed by atoms with van der Waals surface area (Å²) in [6, 6.07) is 6.26. The Morgan fingerprint density at radius 1 is 1.29 bits per heavy atom. The lowest BCUT2D eigenvalue weighted by molar-refractivity contribution is -0.137. The van der Waals surface area contributed by atoms with Crippen LogP contribution in [0.3, 0.4) is 0 Å². The zero-order chi connectivity index (χ0) is 22.2. The predicted octanol–water partition coefficient (Wildman–Crippen LogP) is 6.65. The van der Waals surface area contributed by atoms with Crippen molar-refractivity contribution in [3.8, 4) is 0 Å². The number of fused-ring (bicyclic) bond motifs is 3. The summed E-state index contributed by atoms with van der Waals surface area (Å²) in [4.78, 5) is 23.9. The highest BCUT2D eigenvalue weighted by atomic mass is 79.9. The lowest BCUT2D eigenvalue weighted by Crippen LogP contribution is -2.63. The molecule has 2 N–H and O–H groups in total. The van der Waals surface area contributed by atoms with Gasteiger partial charge in [-0.05, 0) is 67.4 Å². The van der Waals surface area contributed by atoms with Gasteiger partial charge in [0, 0.05) is 32.4 Å². The minimum absolute atomic E-state index is 0.0372. The summed E-state index contributed by atoms with van der Waals surface area (Å²) in [6.07, 6.45) is 9.28. The number of carboxylic acids is 1. The number of hydrogen-bond donors (Lipinski definition) is 2. The molecule has 1 aromatic carbocycles. The highest BCUT2D eigenvalue weighted by Gasteiger charge is 2.57. The molecule has 3 fully saturated rings. The molecule has 0 aliphatic heterocycles. The maximum Gasteiger partial charge on any atom is 0.303 e. The van der Waals surface area contributed by atoms with Crippen molar-refractivity contribution in [1.29, 1.82) is 0 Å². The first-order valence-electron chi connectivity index (χ1n) is 11.1. The van der Waals surface area contributed by atoms with Crippen LogP contribution >= 0.6 is 27.3 Å². The Labute approximate surface area is 196 Å². The molecule has 1 aromatic heterocycles. The second-order valence-corrected chi connectivity index (χ2v) is 11.5. The van der Waals surface area contributed by atoms with Crippen molar-refractivity contribution >= 4 is 49.2 Å². The number of amides is 1. The average molecular weight is 504 g/mol. The molecule has 0 radical (unpaired) electrons. The molecule has 0 spiro atoms.